The van der Waals surface area contributed by atoms with Gasteiger partial charge in [0, 0.05) is 6.42 Å². The Morgan fingerprint density at radius 3 is 1.86 bits per heavy atom. The fourth-order valence-corrected chi connectivity index (χ4v) is 1.67. The number of rotatable bonds is 5. The molecule has 2 rings (SSSR count). The Bertz CT molecular complexity index is 644. The largest absolute Gasteiger partial charge is 0.497 e. The Morgan fingerprint density at radius 2 is 1.32 bits per heavy atom. The first-order valence-corrected chi connectivity index (χ1v) is 6.79. The number of hydrogen-bond donors (Lipinski definition) is 0. The van der Waals surface area contributed by atoms with Crippen LogP contribution >= 0.6 is 0 Å². The van der Waals surface area contributed by atoms with Crippen LogP contribution in [0, 0.1) is 0 Å². The van der Waals surface area contributed by atoms with Crippen molar-refractivity contribution in [3.05, 3.63) is 54.1 Å². The fourth-order valence-electron chi connectivity index (χ4n) is 1.67. The fraction of sp³-hybridized carbons (Fsp3) is 0.176. The summed E-state index contributed by atoms with van der Waals surface area (Å²) in [5, 5.41) is 0. The lowest BCUT2D eigenvalue weighted by Crippen LogP contribution is -2.09. The molecule has 2 aromatic rings. The zero-order valence-electron chi connectivity index (χ0n) is 12.4. The van der Waals surface area contributed by atoms with Crippen molar-refractivity contribution in [1.29, 1.82) is 0 Å². The first kappa shape index (κ1) is 15.6. The molecule has 5 heteroatoms. The molecule has 0 fully saturated rings. The molecule has 0 aliphatic carbocycles. The predicted octanol–water partition coefficient (Wildman–Crippen LogP) is 3.23. The summed E-state index contributed by atoms with van der Waals surface area (Å²) in [5.74, 6) is 0.689. The van der Waals surface area contributed by atoms with Gasteiger partial charge in [0.25, 0.3) is 0 Å². The second kappa shape index (κ2) is 7.26. The van der Waals surface area contributed by atoms with Crippen LogP contribution in [0.4, 0.5) is 0 Å². The Kier molecular flexibility index (Phi) is 5.14. The van der Waals surface area contributed by atoms with Crippen LogP contribution in [0.5, 0.6) is 17.2 Å². The second-order valence-corrected chi connectivity index (χ2v) is 4.42. The molecular weight excluding hydrogens is 284 g/mol. The van der Waals surface area contributed by atoms with E-state index in [0.29, 0.717) is 29.2 Å². The molecule has 0 saturated carbocycles. The van der Waals surface area contributed by atoms with Crippen molar-refractivity contribution in [2.24, 2.45) is 0 Å². The lowest BCUT2D eigenvalue weighted by molar-refractivity contribution is -0.134. The quantitative estimate of drug-likeness (QED) is 0.626. The van der Waals surface area contributed by atoms with Gasteiger partial charge in [-0.25, -0.2) is 4.79 Å². The molecule has 2 aromatic carbocycles. The minimum Gasteiger partial charge on any atom is -0.497 e. The van der Waals surface area contributed by atoms with Crippen molar-refractivity contribution >= 4 is 11.9 Å². The standard InChI is InChI=1S/C17H16O5/c1-3-16(18)21-14-6-4-12(5-7-14)17(19)22-15-10-8-13(20-2)9-11-15/h4-11H,3H2,1-2H3. The van der Waals surface area contributed by atoms with Crippen molar-refractivity contribution in [3.8, 4) is 17.2 Å². The number of hydrogen-bond acceptors (Lipinski definition) is 5. The average molecular weight is 300 g/mol. The van der Waals surface area contributed by atoms with E-state index in [0.717, 1.165) is 0 Å². The van der Waals surface area contributed by atoms with E-state index in [-0.39, 0.29) is 5.97 Å². The minimum atomic E-state index is -0.487. The smallest absolute Gasteiger partial charge is 0.343 e. The number of carbonyl (C=O) groups is 2. The summed E-state index contributed by atoms with van der Waals surface area (Å²) in [6.45, 7) is 1.71. The minimum absolute atomic E-state index is 0.293. The van der Waals surface area contributed by atoms with Gasteiger partial charge in [0.05, 0.1) is 12.7 Å². The number of methoxy groups -OCH3 is 1. The lowest BCUT2D eigenvalue weighted by atomic mass is 10.2. The molecule has 0 N–H and O–H groups in total. The second-order valence-electron chi connectivity index (χ2n) is 4.42. The van der Waals surface area contributed by atoms with Gasteiger partial charge in [0.15, 0.2) is 0 Å². The highest BCUT2D eigenvalue weighted by atomic mass is 16.5. The van der Waals surface area contributed by atoms with Crippen LogP contribution in [0.2, 0.25) is 0 Å². The highest BCUT2D eigenvalue weighted by Gasteiger charge is 2.09. The molecule has 0 amide bonds. The van der Waals surface area contributed by atoms with Crippen molar-refractivity contribution in [3.63, 3.8) is 0 Å². The number of benzene rings is 2. The van der Waals surface area contributed by atoms with E-state index in [4.69, 9.17) is 14.2 Å². The topological polar surface area (TPSA) is 61.8 Å². The number of esters is 2. The summed E-state index contributed by atoms with van der Waals surface area (Å²) in [4.78, 5) is 23.2. The number of carbonyl (C=O) groups excluding carboxylic acids is 2. The van der Waals surface area contributed by atoms with E-state index in [1.807, 2.05) is 0 Å². The molecule has 0 aromatic heterocycles. The zero-order chi connectivity index (χ0) is 15.9. The molecule has 22 heavy (non-hydrogen) atoms. The van der Waals surface area contributed by atoms with Crippen LogP contribution in [0.15, 0.2) is 48.5 Å². The highest BCUT2D eigenvalue weighted by molar-refractivity contribution is 5.91. The zero-order valence-corrected chi connectivity index (χ0v) is 12.4. The normalized spacial score (nSPS) is 9.91. The van der Waals surface area contributed by atoms with Crippen molar-refractivity contribution < 1.29 is 23.8 Å². The first-order valence-electron chi connectivity index (χ1n) is 6.79. The van der Waals surface area contributed by atoms with E-state index < -0.39 is 5.97 Å². The van der Waals surface area contributed by atoms with E-state index in [1.54, 1.807) is 62.6 Å². The summed E-state index contributed by atoms with van der Waals surface area (Å²) in [5.41, 5.74) is 0.368. The SMILES string of the molecule is CCC(=O)Oc1ccc(C(=O)Oc2ccc(OC)cc2)cc1. The third-order valence-corrected chi connectivity index (χ3v) is 2.88. The molecule has 0 spiro atoms. The monoisotopic (exact) mass is 300 g/mol. The van der Waals surface area contributed by atoms with E-state index in [1.165, 1.54) is 0 Å². The lowest BCUT2D eigenvalue weighted by Gasteiger charge is -2.06. The maximum Gasteiger partial charge on any atom is 0.343 e. The van der Waals surface area contributed by atoms with Crippen LogP contribution in [-0.2, 0) is 4.79 Å². The molecule has 0 saturated heterocycles. The van der Waals surface area contributed by atoms with E-state index in [2.05, 4.69) is 0 Å². The highest BCUT2D eigenvalue weighted by Crippen LogP contribution is 2.19. The van der Waals surface area contributed by atoms with E-state index in [9.17, 15) is 9.59 Å². The average Bonchev–Trinajstić information content (AvgIpc) is 2.56. The van der Waals surface area contributed by atoms with Crippen molar-refractivity contribution in [2.75, 3.05) is 7.11 Å². The summed E-state index contributed by atoms with van der Waals surface area (Å²) in [7, 11) is 1.56. The number of ether oxygens (including phenoxy) is 3. The molecule has 0 atom stereocenters. The van der Waals surface area contributed by atoms with Gasteiger partial charge in [-0.3, -0.25) is 4.79 Å². The molecule has 114 valence electrons. The molecule has 0 aliphatic rings. The Labute approximate surface area is 128 Å². The predicted molar refractivity (Wildman–Crippen MR) is 80.3 cm³/mol. The van der Waals surface area contributed by atoms with Gasteiger partial charge in [-0.2, -0.15) is 0 Å². The van der Waals surface area contributed by atoms with Crippen LogP contribution in [0.25, 0.3) is 0 Å². The van der Waals surface area contributed by atoms with Gasteiger partial charge < -0.3 is 14.2 Å². The van der Waals surface area contributed by atoms with E-state index >= 15 is 0 Å². The molecule has 0 aliphatic heterocycles. The van der Waals surface area contributed by atoms with Gasteiger partial charge in [-0.1, -0.05) is 6.92 Å². The Morgan fingerprint density at radius 1 is 0.818 bits per heavy atom. The molecular formula is C17H16O5. The summed E-state index contributed by atoms with van der Waals surface area (Å²) < 4.78 is 15.3. The molecule has 0 unspecified atom stereocenters. The van der Waals surface area contributed by atoms with Crippen LogP contribution in [0.3, 0.4) is 0 Å². The van der Waals surface area contributed by atoms with Crippen LogP contribution in [0.1, 0.15) is 23.7 Å². The third-order valence-electron chi connectivity index (χ3n) is 2.88. The maximum atomic E-state index is 12.0. The summed E-state index contributed by atoms with van der Waals surface area (Å²) in [6.07, 6.45) is 0.293. The Balaban J connectivity index is 2.01. The van der Waals surface area contributed by atoms with Gasteiger partial charge in [-0.15, -0.1) is 0 Å². The summed E-state index contributed by atoms with van der Waals surface area (Å²) in [6, 6.07) is 12.9. The summed E-state index contributed by atoms with van der Waals surface area (Å²) >= 11 is 0. The van der Waals surface area contributed by atoms with Gasteiger partial charge in [-0.05, 0) is 48.5 Å². The van der Waals surface area contributed by atoms with Crippen LogP contribution < -0.4 is 14.2 Å². The third kappa shape index (κ3) is 4.09. The molecule has 0 heterocycles. The molecule has 5 nitrogen and oxygen atoms in total. The van der Waals surface area contributed by atoms with Crippen LogP contribution in [-0.4, -0.2) is 19.0 Å². The first-order chi connectivity index (χ1) is 10.6. The van der Waals surface area contributed by atoms with Gasteiger partial charge in [0.2, 0.25) is 0 Å². The van der Waals surface area contributed by atoms with Gasteiger partial charge in [0.1, 0.15) is 17.2 Å². The Hall–Kier alpha value is -2.82. The van der Waals surface area contributed by atoms with Crippen molar-refractivity contribution in [1.82, 2.24) is 0 Å². The molecule has 0 bridgehead atoms. The van der Waals surface area contributed by atoms with Gasteiger partial charge >= 0.3 is 11.9 Å². The van der Waals surface area contributed by atoms with Crippen molar-refractivity contribution in [2.45, 2.75) is 13.3 Å². The maximum absolute atomic E-state index is 12.0. The molecule has 0 radical (unpaired) electrons.